The van der Waals surface area contributed by atoms with Crippen LogP contribution in [0.4, 0.5) is 0 Å². The van der Waals surface area contributed by atoms with Gasteiger partial charge in [0.05, 0.1) is 5.92 Å². The van der Waals surface area contributed by atoms with Crippen molar-refractivity contribution in [3.8, 4) is 0 Å². The number of carboxylic acids is 1. The van der Waals surface area contributed by atoms with Crippen LogP contribution in [0.5, 0.6) is 0 Å². The van der Waals surface area contributed by atoms with E-state index < -0.39 is 11.9 Å². The Kier molecular flexibility index (Phi) is 4.51. The summed E-state index contributed by atoms with van der Waals surface area (Å²) in [6.07, 6.45) is 1.00. The van der Waals surface area contributed by atoms with E-state index in [-0.39, 0.29) is 0 Å². The Hall–Kier alpha value is -2.16. The Labute approximate surface area is 119 Å². The summed E-state index contributed by atoms with van der Waals surface area (Å²) in [5.74, 6) is -1.21. The van der Waals surface area contributed by atoms with Crippen LogP contribution in [-0.4, -0.2) is 16.1 Å². The molecule has 0 saturated carbocycles. The van der Waals surface area contributed by atoms with Gasteiger partial charge in [-0.1, -0.05) is 30.3 Å². The van der Waals surface area contributed by atoms with Gasteiger partial charge in [0, 0.05) is 17.8 Å². The summed E-state index contributed by atoms with van der Waals surface area (Å²) in [5, 5.41) is 9.43. The van der Waals surface area contributed by atoms with E-state index in [9.17, 15) is 9.90 Å². The summed E-state index contributed by atoms with van der Waals surface area (Å²) in [7, 11) is 0. The number of aliphatic carboxylic acids is 1. The number of hydrogen-bond acceptors (Lipinski definition) is 2. The van der Waals surface area contributed by atoms with Crippen LogP contribution < -0.4 is 0 Å². The zero-order chi connectivity index (χ0) is 14.5. The van der Waals surface area contributed by atoms with Gasteiger partial charge >= 0.3 is 5.97 Å². The van der Waals surface area contributed by atoms with Crippen molar-refractivity contribution in [3.05, 3.63) is 65.0 Å². The van der Waals surface area contributed by atoms with Gasteiger partial charge in [-0.15, -0.1) is 0 Å². The Bertz CT molecular complexity index is 607. The topological polar surface area (TPSA) is 50.2 Å². The van der Waals surface area contributed by atoms with Gasteiger partial charge in [0.2, 0.25) is 0 Å². The lowest BCUT2D eigenvalue weighted by molar-refractivity contribution is -0.141. The van der Waals surface area contributed by atoms with Gasteiger partial charge in [-0.3, -0.25) is 9.78 Å². The third-order valence-corrected chi connectivity index (χ3v) is 3.48. The van der Waals surface area contributed by atoms with Crippen molar-refractivity contribution in [1.29, 1.82) is 0 Å². The number of benzene rings is 1. The molecule has 1 heterocycles. The first-order valence-corrected chi connectivity index (χ1v) is 6.76. The predicted molar refractivity (Wildman–Crippen MR) is 78.7 cm³/mol. The average Bonchev–Trinajstić information content (AvgIpc) is 2.40. The van der Waals surface area contributed by atoms with E-state index >= 15 is 0 Å². The van der Waals surface area contributed by atoms with Gasteiger partial charge in [0.25, 0.3) is 0 Å². The maximum absolute atomic E-state index is 11.5. The second-order valence-corrected chi connectivity index (χ2v) is 5.14. The number of rotatable bonds is 5. The minimum Gasteiger partial charge on any atom is -0.481 e. The molecule has 1 N–H and O–H groups in total. The number of hydrogen-bond donors (Lipinski definition) is 1. The van der Waals surface area contributed by atoms with Crippen LogP contribution in [0.1, 0.15) is 22.5 Å². The molecule has 0 radical (unpaired) electrons. The lowest BCUT2D eigenvalue weighted by Crippen LogP contribution is -2.20. The van der Waals surface area contributed by atoms with E-state index in [0.29, 0.717) is 12.8 Å². The third-order valence-electron chi connectivity index (χ3n) is 3.48. The predicted octanol–water partition coefficient (Wildman–Crippen LogP) is 3.18. The molecule has 0 aliphatic rings. The highest BCUT2D eigenvalue weighted by atomic mass is 16.4. The second kappa shape index (κ2) is 6.33. The number of aryl methyl sites for hydroxylation is 2. The molecule has 104 valence electrons. The maximum atomic E-state index is 11.5. The summed E-state index contributed by atoms with van der Waals surface area (Å²) < 4.78 is 0. The van der Waals surface area contributed by atoms with E-state index in [0.717, 1.165) is 22.5 Å². The van der Waals surface area contributed by atoms with Crippen LogP contribution in [0, 0.1) is 19.8 Å². The van der Waals surface area contributed by atoms with E-state index in [1.54, 1.807) is 0 Å². The lowest BCUT2D eigenvalue weighted by atomic mass is 9.92. The number of pyridine rings is 1. The number of nitrogens with zero attached hydrogens (tertiary/aromatic N) is 1. The van der Waals surface area contributed by atoms with Gasteiger partial charge in [-0.05, 0) is 43.5 Å². The smallest absolute Gasteiger partial charge is 0.307 e. The highest BCUT2D eigenvalue weighted by Crippen LogP contribution is 2.17. The first-order valence-electron chi connectivity index (χ1n) is 6.76. The number of carbonyl (C=O) groups is 1. The summed E-state index contributed by atoms with van der Waals surface area (Å²) >= 11 is 0. The number of carboxylic acid groups (broad SMARTS) is 1. The second-order valence-electron chi connectivity index (χ2n) is 5.14. The molecule has 3 heteroatoms. The maximum Gasteiger partial charge on any atom is 0.307 e. The van der Waals surface area contributed by atoms with Gasteiger partial charge < -0.3 is 5.11 Å². The Balaban J connectivity index is 2.16. The van der Waals surface area contributed by atoms with Crippen molar-refractivity contribution in [2.24, 2.45) is 5.92 Å². The van der Waals surface area contributed by atoms with Crippen LogP contribution in [-0.2, 0) is 17.6 Å². The van der Waals surface area contributed by atoms with Crippen LogP contribution in [0.25, 0.3) is 0 Å². The third kappa shape index (κ3) is 3.67. The monoisotopic (exact) mass is 269 g/mol. The Morgan fingerprint density at radius 1 is 1.10 bits per heavy atom. The molecule has 0 aliphatic carbocycles. The quantitative estimate of drug-likeness (QED) is 0.907. The molecule has 0 fully saturated rings. The highest BCUT2D eigenvalue weighted by molar-refractivity contribution is 5.70. The molecule has 1 atom stereocenters. The molecule has 0 saturated heterocycles. The van der Waals surface area contributed by atoms with Gasteiger partial charge in [-0.25, -0.2) is 0 Å². The van der Waals surface area contributed by atoms with Crippen molar-refractivity contribution in [1.82, 2.24) is 4.98 Å². The molecule has 0 bridgehead atoms. The van der Waals surface area contributed by atoms with Crippen LogP contribution in [0.2, 0.25) is 0 Å². The van der Waals surface area contributed by atoms with Gasteiger partial charge in [0.1, 0.15) is 0 Å². The van der Waals surface area contributed by atoms with E-state index in [4.69, 9.17) is 0 Å². The fourth-order valence-corrected chi connectivity index (χ4v) is 2.32. The molecule has 0 spiro atoms. The summed E-state index contributed by atoms with van der Waals surface area (Å²) in [5.41, 5.74) is 3.98. The van der Waals surface area contributed by atoms with E-state index in [1.807, 2.05) is 56.3 Å². The van der Waals surface area contributed by atoms with Crippen LogP contribution in [0.15, 0.2) is 42.5 Å². The standard InChI is InChI=1S/C17H19NO2/c1-12-6-3-4-8-14(12)10-15(17(19)20)11-16-9-5-7-13(2)18-16/h3-9,15H,10-11H2,1-2H3,(H,19,20). The van der Waals surface area contributed by atoms with Crippen molar-refractivity contribution >= 4 is 5.97 Å². The molecule has 2 rings (SSSR count). The molecule has 1 unspecified atom stereocenters. The molecule has 0 aliphatic heterocycles. The zero-order valence-corrected chi connectivity index (χ0v) is 11.8. The largest absolute Gasteiger partial charge is 0.481 e. The molecule has 0 amide bonds. The summed E-state index contributed by atoms with van der Waals surface area (Å²) in [6, 6.07) is 13.7. The summed E-state index contributed by atoms with van der Waals surface area (Å²) in [6.45, 7) is 3.93. The number of aromatic nitrogens is 1. The van der Waals surface area contributed by atoms with Crippen molar-refractivity contribution in [2.45, 2.75) is 26.7 Å². The van der Waals surface area contributed by atoms with Crippen molar-refractivity contribution < 1.29 is 9.90 Å². The lowest BCUT2D eigenvalue weighted by Gasteiger charge is -2.14. The highest BCUT2D eigenvalue weighted by Gasteiger charge is 2.20. The van der Waals surface area contributed by atoms with Crippen LogP contribution >= 0.6 is 0 Å². The van der Waals surface area contributed by atoms with Gasteiger partial charge in [0.15, 0.2) is 0 Å². The van der Waals surface area contributed by atoms with Gasteiger partial charge in [-0.2, -0.15) is 0 Å². The minimum atomic E-state index is -0.767. The fourth-order valence-electron chi connectivity index (χ4n) is 2.32. The normalized spacial score (nSPS) is 12.1. The van der Waals surface area contributed by atoms with Crippen molar-refractivity contribution in [3.63, 3.8) is 0 Å². The molecule has 20 heavy (non-hydrogen) atoms. The first kappa shape index (κ1) is 14.3. The minimum absolute atomic E-state index is 0.439. The molecule has 3 nitrogen and oxygen atoms in total. The SMILES string of the molecule is Cc1cccc(CC(Cc2ccccc2C)C(=O)O)n1. The fraction of sp³-hybridized carbons (Fsp3) is 0.294. The zero-order valence-electron chi connectivity index (χ0n) is 11.8. The Morgan fingerprint density at radius 3 is 2.50 bits per heavy atom. The molecular formula is C17H19NO2. The average molecular weight is 269 g/mol. The molecular weight excluding hydrogens is 250 g/mol. The van der Waals surface area contributed by atoms with E-state index in [1.165, 1.54) is 0 Å². The molecule has 1 aromatic heterocycles. The summed E-state index contributed by atoms with van der Waals surface area (Å²) in [4.78, 5) is 15.9. The molecule has 1 aromatic carbocycles. The first-order chi connectivity index (χ1) is 9.56. The Morgan fingerprint density at radius 2 is 1.85 bits per heavy atom. The van der Waals surface area contributed by atoms with E-state index in [2.05, 4.69) is 4.98 Å². The molecule has 2 aromatic rings. The van der Waals surface area contributed by atoms with Crippen molar-refractivity contribution in [2.75, 3.05) is 0 Å². The van der Waals surface area contributed by atoms with Crippen LogP contribution in [0.3, 0.4) is 0 Å².